The van der Waals surface area contributed by atoms with Gasteiger partial charge in [-0.25, -0.2) is 12.7 Å². The van der Waals surface area contributed by atoms with Crippen LogP contribution in [0.5, 0.6) is 5.75 Å². The zero-order chi connectivity index (χ0) is 21.8. The van der Waals surface area contributed by atoms with Crippen LogP contribution in [0, 0.1) is 0 Å². The van der Waals surface area contributed by atoms with Crippen molar-refractivity contribution in [1.29, 1.82) is 0 Å². The monoisotopic (exact) mass is 459 g/mol. The Balaban J connectivity index is 2.11. The number of likely N-dealkylation sites (N-methyl/N-ethyl adjacent to an activating group) is 1. The number of sulfonamides is 1. The molecule has 0 heterocycles. The van der Waals surface area contributed by atoms with Crippen LogP contribution >= 0.6 is 23.2 Å². The standard InChI is InChI=1S/C19H23Cl2N3O4S/c1-23(2)29(26,27)17-10-14(8-9-16(17)28-4)22-18(25)12-24(3)11-13-6-5-7-15(20)19(13)21/h5-10H,11-12H2,1-4H3,(H,22,25). The molecule has 10 heteroatoms. The minimum Gasteiger partial charge on any atom is -0.495 e. The number of hydrogen-bond acceptors (Lipinski definition) is 5. The number of carbonyl (C=O) groups is 1. The van der Waals surface area contributed by atoms with Crippen molar-refractivity contribution in [2.75, 3.05) is 40.1 Å². The number of amides is 1. The first-order valence-corrected chi connectivity index (χ1v) is 10.8. The lowest BCUT2D eigenvalue weighted by molar-refractivity contribution is -0.117. The first-order valence-electron chi connectivity index (χ1n) is 8.58. The first kappa shape index (κ1) is 23.4. The third-order valence-corrected chi connectivity index (χ3v) is 6.79. The molecule has 0 spiro atoms. The number of carbonyl (C=O) groups excluding carboxylic acids is 1. The maximum atomic E-state index is 12.5. The normalized spacial score (nSPS) is 11.7. The van der Waals surface area contributed by atoms with Crippen molar-refractivity contribution in [3.8, 4) is 5.75 Å². The number of benzene rings is 2. The van der Waals surface area contributed by atoms with Crippen molar-refractivity contribution < 1.29 is 17.9 Å². The predicted molar refractivity (Wildman–Crippen MR) is 115 cm³/mol. The molecule has 0 bridgehead atoms. The van der Waals surface area contributed by atoms with Gasteiger partial charge < -0.3 is 10.1 Å². The number of hydrogen-bond donors (Lipinski definition) is 1. The van der Waals surface area contributed by atoms with E-state index in [1.165, 1.54) is 33.3 Å². The van der Waals surface area contributed by atoms with Crippen molar-refractivity contribution in [3.05, 3.63) is 52.0 Å². The molecule has 0 atom stereocenters. The molecule has 0 aromatic heterocycles. The fraction of sp³-hybridized carbons (Fsp3) is 0.316. The molecule has 0 saturated carbocycles. The smallest absolute Gasteiger partial charge is 0.246 e. The first-order chi connectivity index (χ1) is 13.6. The van der Waals surface area contributed by atoms with E-state index < -0.39 is 10.0 Å². The van der Waals surface area contributed by atoms with Gasteiger partial charge in [-0.3, -0.25) is 9.69 Å². The van der Waals surface area contributed by atoms with Gasteiger partial charge in [-0.05, 0) is 36.9 Å². The Kier molecular flexibility index (Phi) is 7.90. The van der Waals surface area contributed by atoms with Crippen LogP contribution < -0.4 is 10.1 Å². The summed E-state index contributed by atoms with van der Waals surface area (Å²) in [6.07, 6.45) is 0. The molecule has 2 aromatic rings. The molecule has 0 aliphatic heterocycles. The van der Waals surface area contributed by atoms with Gasteiger partial charge in [-0.1, -0.05) is 35.3 Å². The summed E-state index contributed by atoms with van der Waals surface area (Å²) in [6.45, 7) is 0.500. The van der Waals surface area contributed by atoms with Crippen molar-refractivity contribution in [2.24, 2.45) is 0 Å². The molecule has 0 radical (unpaired) electrons. The third-order valence-electron chi connectivity index (χ3n) is 4.09. The van der Waals surface area contributed by atoms with E-state index in [-0.39, 0.29) is 23.1 Å². The number of halogens is 2. The SMILES string of the molecule is COc1ccc(NC(=O)CN(C)Cc2cccc(Cl)c2Cl)cc1S(=O)(=O)N(C)C. The highest BCUT2D eigenvalue weighted by Crippen LogP contribution is 2.29. The number of nitrogens with zero attached hydrogens (tertiary/aromatic N) is 2. The number of rotatable bonds is 8. The molecule has 29 heavy (non-hydrogen) atoms. The Hall–Kier alpha value is -1.84. The highest BCUT2D eigenvalue weighted by atomic mass is 35.5. The fourth-order valence-electron chi connectivity index (χ4n) is 2.62. The molecule has 0 fully saturated rings. The lowest BCUT2D eigenvalue weighted by Crippen LogP contribution is -2.30. The Bertz CT molecular complexity index is 997. The lowest BCUT2D eigenvalue weighted by Gasteiger charge is -2.18. The van der Waals surface area contributed by atoms with Crippen molar-refractivity contribution in [3.63, 3.8) is 0 Å². The molecule has 1 amide bonds. The van der Waals surface area contributed by atoms with E-state index in [4.69, 9.17) is 27.9 Å². The lowest BCUT2D eigenvalue weighted by atomic mass is 10.2. The van der Waals surface area contributed by atoms with E-state index in [1.807, 2.05) is 6.07 Å². The second-order valence-corrected chi connectivity index (χ2v) is 9.49. The number of nitrogens with one attached hydrogen (secondary N) is 1. The van der Waals surface area contributed by atoms with Crippen molar-refractivity contribution >= 4 is 44.8 Å². The second kappa shape index (κ2) is 9.77. The van der Waals surface area contributed by atoms with E-state index in [2.05, 4.69) is 5.32 Å². The van der Waals surface area contributed by atoms with Gasteiger partial charge in [0.2, 0.25) is 15.9 Å². The van der Waals surface area contributed by atoms with Crippen LogP contribution in [0.4, 0.5) is 5.69 Å². The molecule has 0 aliphatic carbocycles. The number of anilines is 1. The highest BCUT2D eigenvalue weighted by Gasteiger charge is 2.23. The zero-order valence-electron chi connectivity index (χ0n) is 16.6. The van der Waals surface area contributed by atoms with Gasteiger partial charge in [0.15, 0.2) is 0 Å². The van der Waals surface area contributed by atoms with E-state index in [9.17, 15) is 13.2 Å². The maximum absolute atomic E-state index is 12.5. The van der Waals surface area contributed by atoms with Crippen LogP contribution in [0.15, 0.2) is 41.3 Å². The largest absolute Gasteiger partial charge is 0.495 e. The van der Waals surface area contributed by atoms with Crippen LogP contribution in [0.3, 0.4) is 0 Å². The summed E-state index contributed by atoms with van der Waals surface area (Å²) in [7, 11) is 2.28. The Morgan fingerprint density at radius 1 is 1.14 bits per heavy atom. The number of ether oxygens (including phenoxy) is 1. The van der Waals surface area contributed by atoms with E-state index in [1.54, 1.807) is 30.1 Å². The topological polar surface area (TPSA) is 79.0 Å². The molecule has 0 aliphatic rings. The molecular formula is C19H23Cl2N3O4S. The van der Waals surface area contributed by atoms with Crippen LogP contribution in [0.2, 0.25) is 10.0 Å². The van der Waals surface area contributed by atoms with E-state index >= 15 is 0 Å². The summed E-state index contributed by atoms with van der Waals surface area (Å²) in [5.74, 6) is -0.103. The summed E-state index contributed by atoms with van der Waals surface area (Å²) in [5, 5.41) is 3.62. The molecule has 1 N–H and O–H groups in total. The average Bonchev–Trinajstić information content (AvgIpc) is 2.65. The Labute approximate surface area is 181 Å². The summed E-state index contributed by atoms with van der Waals surface area (Å²) in [5.41, 5.74) is 1.16. The van der Waals surface area contributed by atoms with Crippen molar-refractivity contribution in [2.45, 2.75) is 11.4 Å². The molecule has 0 saturated heterocycles. The van der Waals surface area contributed by atoms with Gasteiger partial charge in [0.1, 0.15) is 10.6 Å². The highest BCUT2D eigenvalue weighted by molar-refractivity contribution is 7.89. The number of methoxy groups -OCH3 is 1. The molecule has 0 unspecified atom stereocenters. The third kappa shape index (κ3) is 5.83. The summed E-state index contributed by atoms with van der Waals surface area (Å²) >= 11 is 12.2. The van der Waals surface area contributed by atoms with Gasteiger partial charge in [0.05, 0.1) is 23.7 Å². The van der Waals surface area contributed by atoms with Crippen LogP contribution in [-0.4, -0.2) is 58.3 Å². The second-order valence-electron chi connectivity index (χ2n) is 6.59. The minimum atomic E-state index is -3.73. The van der Waals surface area contributed by atoms with Gasteiger partial charge >= 0.3 is 0 Å². The maximum Gasteiger partial charge on any atom is 0.246 e. The summed E-state index contributed by atoms with van der Waals surface area (Å²) in [6, 6.07) is 9.79. The molecule has 2 rings (SSSR count). The van der Waals surface area contributed by atoms with E-state index in [0.29, 0.717) is 22.3 Å². The van der Waals surface area contributed by atoms with Gasteiger partial charge in [-0.2, -0.15) is 0 Å². The molecule has 158 valence electrons. The molecular weight excluding hydrogens is 437 g/mol. The molecule has 7 nitrogen and oxygen atoms in total. The van der Waals surface area contributed by atoms with Crippen molar-refractivity contribution in [1.82, 2.24) is 9.21 Å². The van der Waals surface area contributed by atoms with Gasteiger partial charge in [-0.15, -0.1) is 0 Å². The predicted octanol–water partition coefficient (Wildman–Crippen LogP) is 3.32. The van der Waals surface area contributed by atoms with Crippen LogP contribution in [-0.2, 0) is 21.4 Å². The summed E-state index contributed by atoms with van der Waals surface area (Å²) in [4.78, 5) is 14.2. The fourth-order valence-corrected chi connectivity index (χ4v) is 4.07. The quantitative estimate of drug-likeness (QED) is 0.654. The average molecular weight is 460 g/mol. The van der Waals surface area contributed by atoms with Gasteiger partial charge in [0.25, 0.3) is 0 Å². The Morgan fingerprint density at radius 2 is 1.83 bits per heavy atom. The van der Waals surface area contributed by atoms with Crippen LogP contribution in [0.25, 0.3) is 0 Å². The Morgan fingerprint density at radius 3 is 2.45 bits per heavy atom. The molecule has 2 aromatic carbocycles. The van der Waals surface area contributed by atoms with Gasteiger partial charge in [0, 0.05) is 26.3 Å². The van der Waals surface area contributed by atoms with Crippen LogP contribution in [0.1, 0.15) is 5.56 Å². The van der Waals surface area contributed by atoms with E-state index in [0.717, 1.165) is 9.87 Å². The summed E-state index contributed by atoms with van der Waals surface area (Å²) < 4.78 is 31.2. The zero-order valence-corrected chi connectivity index (χ0v) is 18.9. The minimum absolute atomic E-state index is 0.0261.